The quantitative estimate of drug-likeness (QED) is 0.191. The number of rotatable bonds is 0. The van der Waals surface area contributed by atoms with Crippen molar-refractivity contribution in [3.8, 4) is 28.3 Å². The van der Waals surface area contributed by atoms with Crippen LogP contribution in [0.4, 0.5) is 0 Å². The van der Waals surface area contributed by atoms with Gasteiger partial charge in [0.1, 0.15) is 0 Å². The maximum atomic E-state index is 7.13. The minimum Gasteiger partial charge on any atom is -0.452 e. The highest BCUT2D eigenvalue weighted by Crippen LogP contribution is 2.59. The molecule has 0 N–H and O–H groups in total. The van der Waals surface area contributed by atoms with Crippen LogP contribution in [-0.4, -0.2) is 4.57 Å². The molecule has 0 unspecified atom stereocenters. The highest BCUT2D eigenvalue weighted by molar-refractivity contribution is 7.25. The van der Waals surface area contributed by atoms with E-state index in [-0.39, 0.29) is 5.41 Å². The number of aromatic nitrogens is 1. The van der Waals surface area contributed by atoms with Crippen molar-refractivity contribution in [1.29, 1.82) is 0 Å². The summed E-state index contributed by atoms with van der Waals surface area (Å²) < 4.78 is 12.3. The summed E-state index contributed by atoms with van der Waals surface area (Å²) in [7, 11) is 0. The summed E-state index contributed by atoms with van der Waals surface area (Å²) in [5, 5.41) is 7.53. The SMILES string of the molecule is CC1(C)c2ccccc2-c2cc3c4cc5sc6ccccc6c5cc4n4c3c(c21)Oc1c-4ccc2ccccc12. The highest BCUT2D eigenvalue weighted by atomic mass is 32.1. The zero-order valence-electron chi connectivity index (χ0n) is 22.1. The van der Waals surface area contributed by atoms with Gasteiger partial charge in [-0.25, -0.2) is 0 Å². The summed E-state index contributed by atoms with van der Waals surface area (Å²) in [5.41, 5.74) is 8.62. The van der Waals surface area contributed by atoms with Gasteiger partial charge in [0.2, 0.25) is 0 Å². The van der Waals surface area contributed by atoms with Crippen molar-refractivity contribution >= 4 is 64.1 Å². The van der Waals surface area contributed by atoms with E-state index >= 15 is 0 Å². The molecule has 10 rings (SSSR count). The van der Waals surface area contributed by atoms with Gasteiger partial charge in [0.25, 0.3) is 0 Å². The van der Waals surface area contributed by atoms with Gasteiger partial charge < -0.3 is 9.30 Å². The molecule has 0 amide bonds. The summed E-state index contributed by atoms with van der Waals surface area (Å²) in [4.78, 5) is 0. The third kappa shape index (κ3) is 2.38. The molecule has 2 aromatic heterocycles. The maximum Gasteiger partial charge on any atom is 0.159 e. The van der Waals surface area contributed by atoms with Crippen LogP contribution in [0.5, 0.6) is 11.5 Å². The summed E-state index contributed by atoms with van der Waals surface area (Å²) in [5.74, 6) is 1.95. The molecular weight excluding hydrogens is 506 g/mol. The Morgan fingerprint density at radius 2 is 1.43 bits per heavy atom. The van der Waals surface area contributed by atoms with Gasteiger partial charge in [-0.05, 0) is 52.4 Å². The molecule has 2 nitrogen and oxygen atoms in total. The van der Waals surface area contributed by atoms with Crippen LogP contribution in [0.2, 0.25) is 0 Å². The van der Waals surface area contributed by atoms with Crippen molar-refractivity contribution < 1.29 is 4.74 Å². The number of benzene rings is 6. The molecule has 3 heteroatoms. The minimum absolute atomic E-state index is 0.171. The Morgan fingerprint density at radius 1 is 0.625 bits per heavy atom. The van der Waals surface area contributed by atoms with Crippen molar-refractivity contribution in [2.45, 2.75) is 19.3 Å². The Kier molecular flexibility index (Phi) is 3.68. The summed E-state index contributed by atoms with van der Waals surface area (Å²) in [6.07, 6.45) is 0. The van der Waals surface area contributed by atoms with Crippen LogP contribution in [0.1, 0.15) is 25.0 Å². The van der Waals surface area contributed by atoms with Gasteiger partial charge in [0.05, 0.1) is 16.7 Å². The van der Waals surface area contributed by atoms with Crippen LogP contribution in [0, 0.1) is 0 Å². The molecule has 0 saturated heterocycles. The normalized spacial score (nSPS) is 14.7. The van der Waals surface area contributed by atoms with Crippen LogP contribution in [0.3, 0.4) is 0 Å². The average Bonchev–Trinajstić information content (AvgIpc) is 3.59. The van der Waals surface area contributed by atoms with Crippen molar-refractivity contribution in [2.75, 3.05) is 0 Å². The van der Waals surface area contributed by atoms with E-state index in [0.29, 0.717) is 0 Å². The predicted molar refractivity (Wildman–Crippen MR) is 169 cm³/mol. The molecule has 0 saturated carbocycles. The molecule has 40 heavy (non-hydrogen) atoms. The molecule has 1 aliphatic heterocycles. The first kappa shape index (κ1) is 21.2. The van der Waals surface area contributed by atoms with E-state index in [1.54, 1.807) is 0 Å². The summed E-state index contributed by atoms with van der Waals surface area (Å²) in [6.45, 7) is 4.69. The number of hydrogen-bond acceptors (Lipinski definition) is 2. The van der Waals surface area contributed by atoms with E-state index < -0.39 is 0 Å². The fraction of sp³-hybridized carbons (Fsp3) is 0.0811. The number of nitrogens with zero attached hydrogens (tertiary/aromatic N) is 1. The first-order chi connectivity index (χ1) is 19.6. The smallest absolute Gasteiger partial charge is 0.159 e. The molecule has 1 aliphatic carbocycles. The number of hydrogen-bond donors (Lipinski definition) is 0. The molecule has 0 fully saturated rings. The van der Waals surface area contributed by atoms with E-state index in [9.17, 15) is 0 Å². The Bertz CT molecular complexity index is 2440. The van der Waals surface area contributed by atoms with Crippen LogP contribution >= 0.6 is 11.3 Å². The van der Waals surface area contributed by atoms with Gasteiger partial charge in [0, 0.05) is 47.3 Å². The fourth-order valence-electron chi connectivity index (χ4n) is 7.55. The van der Waals surface area contributed by atoms with E-state index in [2.05, 4.69) is 122 Å². The van der Waals surface area contributed by atoms with Crippen molar-refractivity contribution in [3.05, 3.63) is 114 Å². The molecule has 0 bridgehead atoms. The van der Waals surface area contributed by atoms with Crippen LogP contribution in [-0.2, 0) is 5.41 Å². The van der Waals surface area contributed by atoms with Gasteiger partial charge >= 0.3 is 0 Å². The van der Waals surface area contributed by atoms with E-state index in [0.717, 1.165) is 22.6 Å². The van der Waals surface area contributed by atoms with Gasteiger partial charge in [0.15, 0.2) is 11.5 Å². The summed E-state index contributed by atoms with van der Waals surface area (Å²) in [6, 6.07) is 38.0. The first-order valence-corrected chi connectivity index (χ1v) is 14.7. The Labute approximate surface area is 234 Å². The van der Waals surface area contributed by atoms with Crippen molar-refractivity contribution in [3.63, 3.8) is 0 Å². The van der Waals surface area contributed by atoms with Gasteiger partial charge in [-0.1, -0.05) is 86.6 Å². The van der Waals surface area contributed by atoms with Crippen LogP contribution < -0.4 is 4.74 Å². The topological polar surface area (TPSA) is 14.2 Å². The maximum absolute atomic E-state index is 7.13. The molecule has 6 aromatic carbocycles. The highest BCUT2D eigenvalue weighted by Gasteiger charge is 2.41. The molecule has 0 atom stereocenters. The second-order valence-corrected chi connectivity index (χ2v) is 12.8. The zero-order valence-corrected chi connectivity index (χ0v) is 22.9. The lowest BCUT2D eigenvalue weighted by molar-refractivity contribution is 0.464. The number of ether oxygens (including phenoxy) is 1. The Morgan fingerprint density at radius 3 is 2.35 bits per heavy atom. The second kappa shape index (κ2) is 6.93. The monoisotopic (exact) mass is 529 g/mol. The first-order valence-electron chi connectivity index (χ1n) is 13.9. The summed E-state index contributed by atoms with van der Waals surface area (Å²) >= 11 is 1.88. The molecular formula is C37H23NOS. The van der Waals surface area contributed by atoms with Gasteiger partial charge in [-0.2, -0.15) is 0 Å². The van der Waals surface area contributed by atoms with Gasteiger partial charge in [-0.15, -0.1) is 11.3 Å². The molecule has 188 valence electrons. The lowest BCUT2D eigenvalue weighted by Gasteiger charge is -2.29. The Balaban J connectivity index is 1.46. The lowest BCUT2D eigenvalue weighted by Crippen LogP contribution is -2.17. The molecule has 3 heterocycles. The van der Waals surface area contributed by atoms with Crippen molar-refractivity contribution in [2.24, 2.45) is 0 Å². The third-order valence-electron chi connectivity index (χ3n) is 9.32. The lowest BCUT2D eigenvalue weighted by atomic mass is 9.81. The van der Waals surface area contributed by atoms with Gasteiger partial charge in [-0.3, -0.25) is 0 Å². The molecule has 2 aliphatic rings. The zero-order chi connectivity index (χ0) is 26.3. The average molecular weight is 530 g/mol. The van der Waals surface area contributed by atoms with Crippen molar-refractivity contribution in [1.82, 2.24) is 4.57 Å². The standard InChI is InChI=1S/C37H23NOS/c1-37(2)28-13-7-5-11-22(28)26-17-27-24-19-32-25(23-12-6-8-14-31(23)40-32)18-30(24)38-29-16-15-20-9-3-4-10-21(20)35(29)39-36(33(26)37)34(27)38/h3-19H,1-2H3. The number of fused-ring (bicyclic) bond motifs is 14. The molecule has 8 aromatic rings. The fourth-order valence-corrected chi connectivity index (χ4v) is 8.68. The van der Waals surface area contributed by atoms with E-state index in [1.807, 2.05) is 11.3 Å². The second-order valence-electron chi connectivity index (χ2n) is 11.7. The predicted octanol–water partition coefficient (Wildman–Crippen LogP) is 10.7. The van der Waals surface area contributed by atoms with Crippen LogP contribution in [0.25, 0.3) is 69.6 Å². The largest absolute Gasteiger partial charge is 0.452 e. The Hall–Kier alpha value is -4.60. The molecule has 0 spiro atoms. The van der Waals surface area contributed by atoms with E-state index in [4.69, 9.17) is 4.74 Å². The van der Waals surface area contributed by atoms with Crippen LogP contribution in [0.15, 0.2) is 103 Å². The molecule has 0 radical (unpaired) electrons. The minimum atomic E-state index is -0.171. The van der Waals surface area contributed by atoms with E-state index in [1.165, 1.54) is 69.6 Å². The number of thiophene rings is 1. The third-order valence-corrected chi connectivity index (χ3v) is 10.5.